The molecule has 1 aliphatic rings. The Hall–Kier alpha value is -1.15. The summed E-state index contributed by atoms with van der Waals surface area (Å²) in [6.45, 7) is -0.0169. The topological polar surface area (TPSA) is 83.9 Å². The molecule has 19 heavy (non-hydrogen) atoms. The number of carboxylic acid groups (broad SMARTS) is 1. The van der Waals surface area contributed by atoms with E-state index >= 15 is 0 Å². The van der Waals surface area contributed by atoms with Crippen LogP contribution in [0.4, 0.5) is 0 Å². The lowest BCUT2D eigenvalue weighted by atomic mass is 10.3. The molecule has 2 rings (SSSR count). The minimum absolute atomic E-state index is 0.00940. The van der Waals surface area contributed by atoms with Gasteiger partial charge in [0, 0.05) is 6.54 Å². The summed E-state index contributed by atoms with van der Waals surface area (Å²) in [7, 11) is -3.95. The highest BCUT2D eigenvalue weighted by Crippen LogP contribution is 2.26. The van der Waals surface area contributed by atoms with E-state index in [0.717, 1.165) is 4.31 Å². The summed E-state index contributed by atoms with van der Waals surface area (Å²) in [5.41, 5.74) is 0. The van der Waals surface area contributed by atoms with Crippen molar-refractivity contribution in [3.8, 4) is 0 Å². The van der Waals surface area contributed by atoms with Crippen LogP contribution in [0.25, 0.3) is 0 Å². The lowest BCUT2D eigenvalue weighted by molar-refractivity contribution is -0.146. The molecule has 0 aliphatic carbocycles. The highest BCUT2D eigenvalue weighted by atomic mass is 35.5. The summed E-state index contributed by atoms with van der Waals surface area (Å²) < 4.78 is 30.8. The molecular formula is C11H12ClNO5S. The van der Waals surface area contributed by atoms with Crippen LogP contribution in [0, 0.1) is 0 Å². The second kappa shape index (κ2) is 5.46. The third-order valence-corrected chi connectivity index (χ3v) is 5.20. The molecule has 8 heteroatoms. The van der Waals surface area contributed by atoms with Crippen LogP contribution >= 0.6 is 11.6 Å². The summed E-state index contributed by atoms with van der Waals surface area (Å²) in [5.74, 6) is -1.24. The summed E-state index contributed by atoms with van der Waals surface area (Å²) >= 11 is 5.87. The third-order valence-electron chi connectivity index (χ3n) is 2.79. The van der Waals surface area contributed by atoms with E-state index in [0.29, 0.717) is 0 Å². The molecule has 1 fully saturated rings. The van der Waals surface area contributed by atoms with Gasteiger partial charge < -0.3 is 9.84 Å². The van der Waals surface area contributed by atoms with Gasteiger partial charge in [0.2, 0.25) is 10.0 Å². The van der Waals surface area contributed by atoms with Crippen molar-refractivity contribution in [1.82, 2.24) is 4.31 Å². The van der Waals surface area contributed by atoms with Crippen molar-refractivity contribution < 1.29 is 23.1 Å². The maximum absolute atomic E-state index is 12.4. The zero-order chi connectivity index (χ0) is 14.0. The molecule has 1 aliphatic heterocycles. The number of carboxylic acids is 1. The van der Waals surface area contributed by atoms with E-state index in [2.05, 4.69) is 0 Å². The summed E-state index contributed by atoms with van der Waals surface area (Å²) in [4.78, 5) is 11.0. The van der Waals surface area contributed by atoms with Crippen molar-refractivity contribution >= 4 is 27.6 Å². The van der Waals surface area contributed by atoms with E-state index in [-0.39, 0.29) is 29.7 Å². The van der Waals surface area contributed by atoms with Gasteiger partial charge in [-0.05, 0) is 12.1 Å². The number of hydrogen-bond acceptors (Lipinski definition) is 4. The average molecular weight is 306 g/mol. The molecule has 0 saturated carbocycles. The number of carbonyl (C=O) groups is 1. The number of ether oxygens (including phenoxy) is 1. The number of aliphatic carboxylic acids is 1. The molecule has 1 aromatic carbocycles. The van der Waals surface area contributed by atoms with E-state index in [9.17, 15) is 13.2 Å². The minimum atomic E-state index is -3.95. The van der Waals surface area contributed by atoms with Gasteiger partial charge in [0.15, 0.2) is 0 Å². The van der Waals surface area contributed by atoms with Crippen LogP contribution in [-0.4, -0.2) is 49.6 Å². The molecule has 1 heterocycles. The molecule has 1 atom stereocenters. The van der Waals surface area contributed by atoms with E-state index in [1.807, 2.05) is 0 Å². The van der Waals surface area contributed by atoms with Gasteiger partial charge in [-0.1, -0.05) is 23.7 Å². The molecule has 0 aromatic heterocycles. The van der Waals surface area contributed by atoms with Gasteiger partial charge in [0.25, 0.3) is 0 Å². The zero-order valence-corrected chi connectivity index (χ0v) is 11.4. The van der Waals surface area contributed by atoms with Crippen molar-refractivity contribution in [2.45, 2.75) is 10.9 Å². The number of morpholine rings is 1. The molecular weight excluding hydrogens is 294 g/mol. The van der Waals surface area contributed by atoms with Crippen LogP contribution in [0.5, 0.6) is 0 Å². The maximum Gasteiger partial charge on any atom is 0.324 e. The Kier molecular flexibility index (Phi) is 4.10. The quantitative estimate of drug-likeness (QED) is 0.893. The SMILES string of the molecule is O=C(O)C1COCCN1S(=O)(=O)c1ccccc1Cl. The molecule has 1 saturated heterocycles. The monoisotopic (exact) mass is 305 g/mol. The number of nitrogens with zero attached hydrogens (tertiary/aromatic N) is 1. The Bertz CT molecular complexity index is 589. The van der Waals surface area contributed by atoms with Crippen molar-refractivity contribution in [3.63, 3.8) is 0 Å². The zero-order valence-electron chi connectivity index (χ0n) is 9.82. The Morgan fingerprint density at radius 2 is 2.11 bits per heavy atom. The molecule has 0 bridgehead atoms. The second-order valence-corrected chi connectivity index (χ2v) is 6.24. The fraction of sp³-hybridized carbons (Fsp3) is 0.364. The van der Waals surface area contributed by atoms with E-state index < -0.39 is 22.0 Å². The van der Waals surface area contributed by atoms with E-state index in [4.69, 9.17) is 21.4 Å². The first-order chi connectivity index (χ1) is 8.94. The van der Waals surface area contributed by atoms with Crippen molar-refractivity contribution in [3.05, 3.63) is 29.3 Å². The molecule has 1 aromatic rings. The summed E-state index contributed by atoms with van der Waals surface area (Å²) in [5, 5.41) is 9.14. The Morgan fingerprint density at radius 1 is 1.42 bits per heavy atom. The van der Waals surface area contributed by atoms with Gasteiger partial charge in [-0.15, -0.1) is 0 Å². The van der Waals surface area contributed by atoms with Gasteiger partial charge in [-0.25, -0.2) is 8.42 Å². The Labute approximate surface area is 115 Å². The second-order valence-electron chi connectivity index (χ2n) is 3.98. The Balaban J connectivity index is 2.43. The molecule has 1 N–H and O–H groups in total. The fourth-order valence-electron chi connectivity index (χ4n) is 1.85. The van der Waals surface area contributed by atoms with E-state index in [1.54, 1.807) is 6.07 Å². The normalized spacial score (nSPS) is 21.2. The van der Waals surface area contributed by atoms with Crippen molar-refractivity contribution in [1.29, 1.82) is 0 Å². The lowest BCUT2D eigenvalue weighted by Crippen LogP contribution is -2.52. The standard InChI is InChI=1S/C11H12ClNO5S/c12-8-3-1-2-4-10(8)19(16,17)13-5-6-18-7-9(13)11(14)15/h1-4,9H,5-7H2,(H,14,15). The van der Waals surface area contributed by atoms with Gasteiger partial charge in [0.1, 0.15) is 10.9 Å². The lowest BCUT2D eigenvalue weighted by Gasteiger charge is -2.31. The first kappa shape index (κ1) is 14.3. The van der Waals surface area contributed by atoms with Gasteiger partial charge in [0.05, 0.1) is 18.2 Å². The molecule has 0 radical (unpaired) electrons. The van der Waals surface area contributed by atoms with Gasteiger partial charge in [-0.2, -0.15) is 4.31 Å². The van der Waals surface area contributed by atoms with Crippen molar-refractivity contribution in [2.24, 2.45) is 0 Å². The van der Waals surface area contributed by atoms with Crippen LogP contribution in [0.15, 0.2) is 29.2 Å². The number of rotatable bonds is 3. The first-order valence-electron chi connectivity index (χ1n) is 5.51. The summed E-state index contributed by atoms with van der Waals surface area (Å²) in [6.07, 6.45) is 0. The molecule has 6 nitrogen and oxygen atoms in total. The van der Waals surface area contributed by atoms with Crippen LogP contribution < -0.4 is 0 Å². The number of benzene rings is 1. The summed E-state index contributed by atoms with van der Waals surface area (Å²) in [6, 6.07) is 4.72. The van der Waals surface area contributed by atoms with Gasteiger partial charge in [-0.3, -0.25) is 4.79 Å². The molecule has 104 valence electrons. The van der Waals surface area contributed by atoms with E-state index in [1.165, 1.54) is 18.2 Å². The highest BCUT2D eigenvalue weighted by Gasteiger charge is 2.39. The van der Waals surface area contributed by atoms with Crippen LogP contribution in [0.2, 0.25) is 5.02 Å². The average Bonchev–Trinajstić information content (AvgIpc) is 2.39. The maximum atomic E-state index is 12.4. The number of halogens is 1. The van der Waals surface area contributed by atoms with Crippen LogP contribution in [0.1, 0.15) is 0 Å². The van der Waals surface area contributed by atoms with Crippen molar-refractivity contribution in [2.75, 3.05) is 19.8 Å². The van der Waals surface area contributed by atoms with Crippen LogP contribution in [0.3, 0.4) is 0 Å². The highest BCUT2D eigenvalue weighted by molar-refractivity contribution is 7.89. The molecule has 0 spiro atoms. The predicted octanol–water partition coefficient (Wildman–Crippen LogP) is 0.814. The fourth-order valence-corrected chi connectivity index (χ4v) is 3.90. The van der Waals surface area contributed by atoms with Gasteiger partial charge >= 0.3 is 5.97 Å². The Morgan fingerprint density at radius 3 is 2.74 bits per heavy atom. The number of hydrogen-bond donors (Lipinski definition) is 1. The van der Waals surface area contributed by atoms with Crippen LogP contribution in [-0.2, 0) is 19.6 Å². The minimum Gasteiger partial charge on any atom is -0.480 e. The largest absolute Gasteiger partial charge is 0.480 e. The molecule has 0 amide bonds. The molecule has 1 unspecified atom stereocenters. The third kappa shape index (κ3) is 2.74. The predicted molar refractivity (Wildman–Crippen MR) is 67.6 cm³/mol. The first-order valence-corrected chi connectivity index (χ1v) is 7.33. The number of sulfonamides is 1. The smallest absolute Gasteiger partial charge is 0.324 e.